The van der Waals surface area contributed by atoms with Gasteiger partial charge in [0.25, 0.3) is 5.69 Å². The number of nitro groups is 1. The normalized spacial score (nSPS) is 26.1. The van der Waals surface area contributed by atoms with Crippen molar-refractivity contribution < 1.29 is 33.3 Å². The number of nitro benzene ring substituents is 1. The number of ether oxygens (including phenoxy) is 2. The first-order valence-electron chi connectivity index (χ1n) is 16.8. The highest BCUT2D eigenvalue weighted by atomic mass is 16.6. The summed E-state index contributed by atoms with van der Waals surface area (Å²) < 4.78 is 12.9. The minimum Gasteiger partial charge on any atom is -0.488 e. The van der Waals surface area contributed by atoms with Gasteiger partial charge in [0.15, 0.2) is 0 Å². The number of fused-ring (bicyclic) bond motifs is 5. The van der Waals surface area contributed by atoms with E-state index in [-0.39, 0.29) is 53.3 Å². The van der Waals surface area contributed by atoms with Crippen molar-refractivity contribution >= 4 is 34.3 Å². The number of esters is 2. The first kappa shape index (κ1) is 32.0. The molecule has 3 atom stereocenters. The average Bonchev–Trinajstić information content (AvgIpc) is 3.34. The molecule has 0 aromatic heterocycles. The van der Waals surface area contributed by atoms with Gasteiger partial charge in [0.2, 0.25) is 5.91 Å². The van der Waals surface area contributed by atoms with Crippen LogP contribution in [-0.2, 0) is 20.7 Å². The molecule has 3 aromatic carbocycles. The number of amides is 1. The van der Waals surface area contributed by atoms with E-state index in [0.717, 1.165) is 23.7 Å². The Balaban J connectivity index is 1.13. The van der Waals surface area contributed by atoms with Crippen molar-refractivity contribution in [2.75, 3.05) is 52.4 Å². The highest BCUT2D eigenvalue weighted by molar-refractivity contribution is 6.06. The van der Waals surface area contributed by atoms with Crippen LogP contribution in [0.25, 0.3) is 10.8 Å². The average molecular weight is 654 g/mol. The molecular formula is C37H41N4O7+. The fourth-order valence-electron chi connectivity index (χ4n) is 8.19. The molecule has 11 nitrogen and oxygen atoms in total. The molecule has 0 aliphatic carbocycles. The predicted octanol–water partition coefficient (Wildman–Crippen LogP) is 4.59. The summed E-state index contributed by atoms with van der Waals surface area (Å²) >= 11 is 0. The first-order valence-corrected chi connectivity index (χ1v) is 16.8. The number of hydrogen-bond acceptors (Lipinski definition) is 8. The Bertz CT molecular complexity index is 1810. The number of quaternary nitrogens is 1. The molecule has 0 unspecified atom stereocenters. The summed E-state index contributed by atoms with van der Waals surface area (Å²) in [5, 5.41) is 13.2. The largest absolute Gasteiger partial charge is 0.488 e. The van der Waals surface area contributed by atoms with Crippen LogP contribution in [0.4, 0.5) is 5.69 Å². The third kappa shape index (κ3) is 5.54. The number of non-ortho nitro benzene ring substituents is 1. The molecule has 4 saturated heterocycles. The van der Waals surface area contributed by atoms with Crippen LogP contribution in [0.15, 0.2) is 71.9 Å². The molecule has 0 N–H and O–H groups in total. The third-order valence-corrected chi connectivity index (χ3v) is 11.1. The Hall–Kier alpha value is -4.61. The van der Waals surface area contributed by atoms with E-state index in [1.54, 1.807) is 0 Å². The fraction of sp³-hybridized carbons (Fsp3) is 0.432. The van der Waals surface area contributed by atoms with Crippen molar-refractivity contribution in [3.8, 4) is 5.75 Å². The molecule has 3 aromatic rings. The Labute approximate surface area is 279 Å². The molecule has 0 spiro atoms. The maximum Gasteiger partial charge on any atom is 0.363 e. The van der Waals surface area contributed by atoms with Gasteiger partial charge < -0.3 is 18.9 Å². The van der Waals surface area contributed by atoms with Crippen LogP contribution in [0.2, 0.25) is 0 Å². The maximum atomic E-state index is 13.6. The lowest BCUT2D eigenvalue weighted by Crippen LogP contribution is -2.67. The monoisotopic (exact) mass is 653 g/mol. The molecule has 5 aliphatic heterocycles. The number of piperazine rings is 3. The topological polar surface area (TPSA) is 119 Å². The Morgan fingerprint density at radius 2 is 1.62 bits per heavy atom. The summed E-state index contributed by atoms with van der Waals surface area (Å²) in [5.74, 6) is -1.78. The fourth-order valence-corrected chi connectivity index (χ4v) is 8.19. The van der Waals surface area contributed by atoms with Crippen molar-refractivity contribution in [1.82, 2.24) is 9.80 Å². The van der Waals surface area contributed by atoms with E-state index in [0.29, 0.717) is 11.3 Å². The van der Waals surface area contributed by atoms with E-state index in [9.17, 15) is 24.5 Å². The maximum absolute atomic E-state index is 13.6. The standard InChI is InChI=1S/C37H41N4O7/c1-23(2)32-33-24(3)30(34(39(33)35(32)42)37(44)48-36(43)26-10-12-27(13-11-26)40(45)46)22-47-31-9-5-7-28-25(6-4-8-29(28)31)14-18-41-19-15-38(16-20-41)17-21-41/h4-13,23-24,32-33H,14-22H2,1-3H3/q+1/t24-,32+,33+/m0/s1. The van der Waals surface area contributed by atoms with E-state index in [2.05, 4.69) is 29.2 Å². The molecule has 0 saturated carbocycles. The van der Waals surface area contributed by atoms with Gasteiger partial charge in [0.05, 0.1) is 48.6 Å². The van der Waals surface area contributed by atoms with E-state index >= 15 is 0 Å². The van der Waals surface area contributed by atoms with Crippen LogP contribution in [-0.4, -0.2) is 95.5 Å². The van der Waals surface area contributed by atoms with Crippen molar-refractivity contribution in [1.29, 1.82) is 0 Å². The van der Waals surface area contributed by atoms with Gasteiger partial charge in [-0.1, -0.05) is 51.1 Å². The van der Waals surface area contributed by atoms with Gasteiger partial charge >= 0.3 is 11.9 Å². The number of benzene rings is 3. The second-order valence-corrected chi connectivity index (χ2v) is 14.0. The molecule has 8 rings (SSSR count). The Morgan fingerprint density at radius 3 is 2.29 bits per heavy atom. The zero-order valence-electron chi connectivity index (χ0n) is 27.6. The zero-order chi connectivity index (χ0) is 33.7. The number of β-lactam (4-membered cyclic amide) rings is 1. The zero-order valence-corrected chi connectivity index (χ0v) is 27.6. The minimum absolute atomic E-state index is 0.0103. The summed E-state index contributed by atoms with van der Waals surface area (Å²) in [6.45, 7) is 14.3. The van der Waals surface area contributed by atoms with Gasteiger partial charge in [-0.3, -0.25) is 19.8 Å². The van der Waals surface area contributed by atoms with E-state index in [4.69, 9.17) is 9.47 Å². The molecule has 0 radical (unpaired) electrons. The summed E-state index contributed by atoms with van der Waals surface area (Å²) in [5.41, 5.74) is 1.74. The van der Waals surface area contributed by atoms with Crippen molar-refractivity contribution in [2.24, 2.45) is 17.8 Å². The highest BCUT2D eigenvalue weighted by Gasteiger charge is 2.59. The summed E-state index contributed by atoms with van der Waals surface area (Å²) in [4.78, 5) is 54.4. The van der Waals surface area contributed by atoms with Crippen LogP contribution >= 0.6 is 0 Å². The SMILES string of the molecule is CC(C)[C@H]1C(=O)N2C(C(=O)OC(=O)c3ccc([N+](=O)[O-])cc3)=C(COc3cccc4c(CC[N+]56CCN(CC5)CC6)cccc34)[C@H](C)[C@H]12. The molecule has 250 valence electrons. The molecule has 5 aliphatic rings. The highest BCUT2D eigenvalue weighted by Crippen LogP contribution is 2.49. The van der Waals surface area contributed by atoms with Gasteiger partial charge in [0.1, 0.15) is 18.1 Å². The predicted molar refractivity (Wildman–Crippen MR) is 178 cm³/mol. The van der Waals surface area contributed by atoms with Gasteiger partial charge in [-0.15, -0.1) is 0 Å². The van der Waals surface area contributed by atoms with Crippen LogP contribution in [0, 0.1) is 27.9 Å². The molecule has 2 bridgehead atoms. The Kier molecular flexibility index (Phi) is 8.29. The molecule has 5 heterocycles. The molecule has 4 fully saturated rings. The number of rotatable bonds is 10. The number of carbonyl (C=O) groups is 3. The number of carbonyl (C=O) groups excluding carboxylic acids is 3. The van der Waals surface area contributed by atoms with Crippen LogP contribution in [0.3, 0.4) is 0 Å². The van der Waals surface area contributed by atoms with Crippen molar-refractivity contribution in [2.45, 2.75) is 33.2 Å². The van der Waals surface area contributed by atoms with Gasteiger partial charge in [0, 0.05) is 55.1 Å². The quantitative estimate of drug-likeness (QED) is 0.0779. The van der Waals surface area contributed by atoms with Crippen LogP contribution in [0.1, 0.15) is 36.7 Å². The van der Waals surface area contributed by atoms with Gasteiger partial charge in [-0.2, -0.15) is 0 Å². The van der Waals surface area contributed by atoms with E-state index in [1.807, 2.05) is 32.9 Å². The molecule has 11 heteroatoms. The minimum atomic E-state index is -0.953. The smallest absolute Gasteiger partial charge is 0.363 e. The van der Waals surface area contributed by atoms with Gasteiger partial charge in [-0.05, 0) is 35.1 Å². The Morgan fingerprint density at radius 1 is 0.958 bits per heavy atom. The van der Waals surface area contributed by atoms with Crippen molar-refractivity contribution in [3.05, 3.63) is 93.2 Å². The lowest BCUT2D eigenvalue weighted by atomic mass is 9.74. The van der Waals surface area contributed by atoms with E-state index in [1.165, 1.54) is 78.5 Å². The summed E-state index contributed by atoms with van der Waals surface area (Å²) in [6, 6.07) is 16.9. The third-order valence-electron chi connectivity index (χ3n) is 11.1. The van der Waals surface area contributed by atoms with Gasteiger partial charge in [-0.25, -0.2) is 9.59 Å². The van der Waals surface area contributed by atoms with E-state index < -0.39 is 16.9 Å². The van der Waals surface area contributed by atoms with Crippen molar-refractivity contribution in [3.63, 3.8) is 0 Å². The summed E-state index contributed by atoms with van der Waals surface area (Å²) in [7, 11) is 0. The number of nitrogens with zero attached hydrogens (tertiary/aromatic N) is 4. The lowest BCUT2D eigenvalue weighted by Gasteiger charge is -2.50. The molecule has 48 heavy (non-hydrogen) atoms. The van der Waals surface area contributed by atoms with Crippen LogP contribution in [0.5, 0.6) is 5.75 Å². The second-order valence-electron chi connectivity index (χ2n) is 14.0. The molecule has 1 amide bonds. The molecular weight excluding hydrogens is 612 g/mol. The first-order chi connectivity index (χ1) is 23.1. The number of hydrogen-bond donors (Lipinski definition) is 0. The second kappa shape index (κ2) is 12.4. The van der Waals surface area contributed by atoms with Crippen LogP contribution < -0.4 is 4.74 Å². The summed E-state index contributed by atoms with van der Waals surface area (Å²) in [6.07, 6.45) is 0.983. The lowest BCUT2D eigenvalue weighted by molar-refractivity contribution is -0.940.